The molecule has 5 rings (SSSR count). The second-order valence-corrected chi connectivity index (χ2v) is 17.6. The molecule has 0 heterocycles. The molecule has 0 spiro atoms. The predicted molar refractivity (Wildman–Crippen MR) is 172 cm³/mol. The Morgan fingerprint density at radius 3 is 1.24 bits per heavy atom. The minimum atomic E-state index is -2.46. The predicted octanol–water partition coefficient (Wildman–Crippen LogP) is 7.55. The van der Waals surface area contributed by atoms with Gasteiger partial charge in [-0.2, -0.15) is 0 Å². The molecular weight excluding hydrogens is 522 g/mol. The van der Waals surface area contributed by atoms with Crippen LogP contribution in [0.2, 0.25) is 0 Å². The number of hydrogen-bond acceptors (Lipinski definition) is 2. The zero-order chi connectivity index (χ0) is 25.7. The molecule has 5 aromatic rings. The van der Waals surface area contributed by atoms with Crippen molar-refractivity contribution in [2.45, 2.75) is 6.92 Å². The molecule has 0 atom stereocenters. The normalized spacial score (nSPS) is 12.3. The van der Waals surface area contributed by atoms with Crippen molar-refractivity contribution < 1.29 is 0 Å². The van der Waals surface area contributed by atoms with Crippen LogP contribution in [0, 0.1) is 6.92 Å². The van der Waals surface area contributed by atoms with Crippen molar-refractivity contribution in [2.24, 2.45) is 0 Å². The molecule has 0 aromatic heterocycles. The van der Waals surface area contributed by atoms with Crippen molar-refractivity contribution in [1.82, 2.24) is 0 Å². The van der Waals surface area contributed by atoms with E-state index in [1.165, 1.54) is 37.7 Å². The second-order valence-electron chi connectivity index (χ2n) is 8.94. The van der Waals surface area contributed by atoms with Crippen LogP contribution in [-0.4, -0.2) is 0 Å². The number of hydrogen-bond donors (Lipinski definition) is 0. The van der Waals surface area contributed by atoms with E-state index in [1.807, 2.05) is 0 Å². The lowest BCUT2D eigenvalue weighted by Gasteiger charge is -2.31. The zero-order valence-electron chi connectivity index (χ0n) is 20.6. The first kappa shape index (κ1) is 25.8. The van der Waals surface area contributed by atoms with Gasteiger partial charge >= 0.3 is 0 Å². The Labute approximate surface area is 230 Å². The summed E-state index contributed by atoms with van der Waals surface area (Å²) in [6.07, 6.45) is 0. The highest BCUT2D eigenvalue weighted by Crippen LogP contribution is 2.62. The van der Waals surface area contributed by atoms with E-state index in [2.05, 4.69) is 158 Å². The van der Waals surface area contributed by atoms with Crippen LogP contribution in [0.4, 0.5) is 0 Å². The average Bonchev–Trinajstić information content (AvgIpc) is 2.98. The van der Waals surface area contributed by atoms with Gasteiger partial charge in [0, 0.05) is 17.4 Å². The molecule has 0 N–H and O–H groups in total. The third kappa shape index (κ3) is 5.13. The third-order valence-corrected chi connectivity index (χ3v) is 16.1. The van der Waals surface area contributed by atoms with Crippen LogP contribution in [0.3, 0.4) is 0 Å². The lowest BCUT2D eigenvalue weighted by atomic mass is 10.1. The molecule has 0 saturated carbocycles. The van der Waals surface area contributed by atoms with Gasteiger partial charge in [-0.3, -0.25) is 0 Å². The molecule has 5 aromatic carbocycles. The maximum Gasteiger partial charge on any atom is 0.0386 e. The van der Waals surface area contributed by atoms with Gasteiger partial charge in [0.2, 0.25) is 0 Å². The Morgan fingerprint density at radius 1 is 0.486 bits per heavy atom. The average molecular weight is 551 g/mol. The molecule has 0 aliphatic rings. The Bertz CT molecular complexity index is 1520. The van der Waals surface area contributed by atoms with Gasteiger partial charge in [0.05, 0.1) is 0 Å². The fraction of sp³-hybridized carbons (Fsp3) is 0.0303. The van der Waals surface area contributed by atoms with Gasteiger partial charge < -0.3 is 0 Å². The largest absolute Gasteiger partial charge is 0.0832 e. The first-order chi connectivity index (χ1) is 18.0. The van der Waals surface area contributed by atoms with E-state index in [0.717, 1.165) is 0 Å². The highest BCUT2D eigenvalue weighted by Gasteiger charge is 2.32. The molecule has 0 amide bonds. The Morgan fingerprint density at radius 2 is 0.838 bits per heavy atom. The van der Waals surface area contributed by atoms with Gasteiger partial charge in [0.15, 0.2) is 0 Å². The maximum atomic E-state index is 6.88. The summed E-state index contributed by atoms with van der Waals surface area (Å²) < 4.78 is 0. The lowest BCUT2D eigenvalue weighted by molar-refractivity contribution is 1.44. The van der Waals surface area contributed by atoms with Gasteiger partial charge in [-0.15, -0.1) is 0 Å². The van der Waals surface area contributed by atoms with Crippen LogP contribution in [0.15, 0.2) is 151 Å². The molecule has 37 heavy (non-hydrogen) atoms. The SMILES string of the molecule is Cc1ccccc1/C(=C\P(=S)(c1ccccc1)c1ccccc1)P(=S)(c1ccccc1)c1ccccc1. The van der Waals surface area contributed by atoms with Crippen LogP contribution in [0.5, 0.6) is 0 Å². The number of benzene rings is 5. The number of aryl methyl sites for hydroxylation is 1. The van der Waals surface area contributed by atoms with Crippen molar-refractivity contribution in [2.75, 3.05) is 0 Å². The molecule has 0 bridgehead atoms. The number of rotatable bonds is 7. The maximum absolute atomic E-state index is 6.88. The summed E-state index contributed by atoms with van der Waals surface area (Å²) in [5.74, 6) is 2.40. The molecule has 0 aliphatic carbocycles. The fourth-order valence-corrected chi connectivity index (χ4v) is 13.5. The molecular formula is C33H28P2S2. The van der Waals surface area contributed by atoms with Gasteiger partial charge in [-0.05, 0) is 45.1 Å². The Balaban J connectivity index is 1.92. The highest BCUT2D eigenvalue weighted by molar-refractivity contribution is 8.28. The smallest absolute Gasteiger partial charge is 0.0386 e. The van der Waals surface area contributed by atoms with Crippen LogP contribution >= 0.6 is 12.1 Å². The van der Waals surface area contributed by atoms with Crippen molar-refractivity contribution >= 4 is 62.2 Å². The van der Waals surface area contributed by atoms with Crippen molar-refractivity contribution in [3.63, 3.8) is 0 Å². The summed E-state index contributed by atoms with van der Waals surface area (Å²) in [5, 5.41) is 5.87. The van der Waals surface area contributed by atoms with E-state index in [4.69, 9.17) is 23.6 Å². The summed E-state index contributed by atoms with van der Waals surface area (Å²) >= 11 is 13.6. The first-order valence-corrected chi connectivity index (χ1v) is 17.9. The van der Waals surface area contributed by atoms with E-state index in [1.54, 1.807) is 0 Å². The summed E-state index contributed by atoms with van der Waals surface area (Å²) in [5.41, 5.74) is 2.39. The molecule has 0 saturated heterocycles. The van der Waals surface area contributed by atoms with Crippen LogP contribution < -0.4 is 21.2 Å². The van der Waals surface area contributed by atoms with Gasteiger partial charge in [-0.1, -0.05) is 169 Å². The molecule has 0 unspecified atom stereocenters. The monoisotopic (exact) mass is 550 g/mol. The topological polar surface area (TPSA) is 0 Å². The zero-order valence-corrected chi connectivity index (χ0v) is 24.1. The summed E-state index contributed by atoms with van der Waals surface area (Å²) in [6.45, 7) is 2.17. The van der Waals surface area contributed by atoms with Crippen molar-refractivity contribution in [1.29, 1.82) is 0 Å². The van der Waals surface area contributed by atoms with Crippen molar-refractivity contribution in [3.05, 3.63) is 163 Å². The fourth-order valence-electron chi connectivity index (χ4n) is 4.65. The van der Waals surface area contributed by atoms with E-state index in [-0.39, 0.29) is 0 Å². The molecule has 4 heteroatoms. The van der Waals surface area contributed by atoms with E-state index < -0.39 is 12.1 Å². The van der Waals surface area contributed by atoms with E-state index in [0.29, 0.717) is 0 Å². The van der Waals surface area contributed by atoms with Crippen LogP contribution in [0.25, 0.3) is 5.31 Å². The van der Waals surface area contributed by atoms with Crippen molar-refractivity contribution in [3.8, 4) is 0 Å². The van der Waals surface area contributed by atoms with Crippen LogP contribution in [0.1, 0.15) is 11.1 Å². The molecule has 0 fully saturated rings. The molecule has 182 valence electrons. The first-order valence-electron chi connectivity index (χ1n) is 12.3. The minimum absolute atomic E-state index is 1.17. The molecule has 0 nitrogen and oxygen atoms in total. The third-order valence-electron chi connectivity index (χ3n) is 6.58. The van der Waals surface area contributed by atoms with E-state index >= 15 is 0 Å². The standard InChI is InChI=1S/C33H28P2S2/c1-27-16-14-15-25-32(27)33(35(37,30-21-10-4-11-22-30)31-23-12-5-13-24-31)26-34(36,28-17-6-2-7-18-28)29-19-8-3-9-20-29/h2-26H,1H3/b33-26+. The minimum Gasteiger partial charge on any atom is -0.0832 e. The van der Waals surface area contributed by atoms with Gasteiger partial charge in [0.25, 0.3) is 0 Å². The quantitative estimate of drug-likeness (QED) is 0.192. The van der Waals surface area contributed by atoms with Gasteiger partial charge in [-0.25, -0.2) is 0 Å². The highest BCUT2D eigenvalue weighted by atomic mass is 32.4. The van der Waals surface area contributed by atoms with Gasteiger partial charge in [0.1, 0.15) is 0 Å². The summed E-state index contributed by atoms with van der Waals surface area (Å²) in [4.78, 5) is 0. The summed E-state index contributed by atoms with van der Waals surface area (Å²) in [6, 6.07) is 46.2. The molecule has 0 aliphatic heterocycles. The van der Waals surface area contributed by atoms with Crippen LogP contribution in [-0.2, 0) is 23.6 Å². The lowest BCUT2D eigenvalue weighted by Crippen LogP contribution is -2.19. The van der Waals surface area contributed by atoms with E-state index in [9.17, 15) is 0 Å². The second kappa shape index (κ2) is 11.3. The molecule has 0 radical (unpaired) electrons. The summed E-state index contributed by atoms with van der Waals surface area (Å²) in [7, 11) is 0. The Hall–Kier alpha value is -2.86. The Kier molecular flexibility index (Phi) is 7.84.